The summed E-state index contributed by atoms with van der Waals surface area (Å²) in [5.74, 6) is 2.40. The summed E-state index contributed by atoms with van der Waals surface area (Å²) in [5, 5.41) is 15.7. The standard InChI is InChI=1S/C18H26N4O3S/c1-2-25-17(24)19-4-3-14(23)20-16-22-21-15(26-16)18-8-11-5-12(9-18)7-13(6-11)10-18/h11-13H,2-10H2,1H3,(H,19,24)(H,20,22,23). The molecule has 8 heteroatoms. The lowest BCUT2D eigenvalue weighted by Gasteiger charge is -2.55. The number of rotatable bonds is 6. The van der Waals surface area contributed by atoms with E-state index >= 15 is 0 Å². The van der Waals surface area contributed by atoms with Crippen molar-refractivity contribution in [1.82, 2.24) is 15.5 Å². The second-order valence-corrected chi connectivity index (χ2v) is 9.03. The molecule has 4 aliphatic carbocycles. The Labute approximate surface area is 157 Å². The van der Waals surface area contributed by atoms with E-state index < -0.39 is 6.09 Å². The van der Waals surface area contributed by atoms with Gasteiger partial charge < -0.3 is 15.4 Å². The molecule has 0 atom stereocenters. The third-order valence-corrected chi connectivity index (χ3v) is 7.15. The number of aromatic nitrogens is 2. The fourth-order valence-electron chi connectivity index (χ4n) is 5.50. The van der Waals surface area contributed by atoms with Gasteiger partial charge >= 0.3 is 6.09 Å². The van der Waals surface area contributed by atoms with Gasteiger partial charge in [0.25, 0.3) is 0 Å². The Kier molecular flexibility index (Phi) is 4.86. The summed E-state index contributed by atoms with van der Waals surface area (Å²) < 4.78 is 4.76. The summed E-state index contributed by atoms with van der Waals surface area (Å²) in [4.78, 5) is 23.3. The number of hydrogen-bond acceptors (Lipinski definition) is 6. The average Bonchev–Trinajstić information content (AvgIpc) is 3.03. The van der Waals surface area contributed by atoms with E-state index in [2.05, 4.69) is 20.8 Å². The van der Waals surface area contributed by atoms with Crippen molar-refractivity contribution in [3.05, 3.63) is 5.01 Å². The highest BCUT2D eigenvalue weighted by molar-refractivity contribution is 7.15. The minimum absolute atomic E-state index is 0.171. The summed E-state index contributed by atoms with van der Waals surface area (Å²) in [5.41, 5.74) is 0.209. The molecule has 0 saturated heterocycles. The molecule has 7 nitrogen and oxygen atoms in total. The van der Waals surface area contributed by atoms with Gasteiger partial charge in [0.2, 0.25) is 11.0 Å². The van der Waals surface area contributed by atoms with Crippen LogP contribution in [0.4, 0.5) is 9.93 Å². The van der Waals surface area contributed by atoms with Gasteiger partial charge in [-0.25, -0.2) is 4.79 Å². The van der Waals surface area contributed by atoms with Gasteiger partial charge in [-0.05, 0) is 63.2 Å². The maximum absolute atomic E-state index is 12.0. The summed E-state index contributed by atoms with van der Waals surface area (Å²) in [7, 11) is 0. The van der Waals surface area contributed by atoms with E-state index in [4.69, 9.17) is 4.74 Å². The highest BCUT2D eigenvalue weighted by atomic mass is 32.1. The van der Waals surface area contributed by atoms with Crippen molar-refractivity contribution < 1.29 is 14.3 Å². The van der Waals surface area contributed by atoms with Crippen LogP contribution in [0.3, 0.4) is 0 Å². The topological polar surface area (TPSA) is 93.2 Å². The molecule has 2 amide bonds. The van der Waals surface area contributed by atoms with Crippen LogP contribution in [0.1, 0.15) is 56.9 Å². The molecule has 5 rings (SSSR count). The molecular formula is C18H26N4O3S. The molecular weight excluding hydrogens is 352 g/mol. The number of nitrogens with zero attached hydrogens (tertiary/aromatic N) is 2. The molecule has 0 aromatic carbocycles. The minimum atomic E-state index is -0.500. The van der Waals surface area contributed by atoms with Crippen LogP contribution in [0.15, 0.2) is 0 Å². The van der Waals surface area contributed by atoms with Crippen molar-refractivity contribution in [2.45, 2.75) is 57.3 Å². The lowest BCUT2D eigenvalue weighted by molar-refractivity contribution is -0.116. The number of hydrogen-bond donors (Lipinski definition) is 2. The predicted octanol–water partition coefficient (Wildman–Crippen LogP) is 3.08. The molecule has 0 spiro atoms. The zero-order valence-electron chi connectivity index (χ0n) is 15.1. The Hall–Kier alpha value is -1.70. The fraction of sp³-hybridized carbons (Fsp3) is 0.778. The summed E-state index contributed by atoms with van der Waals surface area (Å²) in [6.07, 6.45) is 7.60. The number of carbonyl (C=O) groups is 2. The molecule has 1 aromatic rings. The number of nitrogens with one attached hydrogen (secondary N) is 2. The molecule has 0 radical (unpaired) electrons. The molecule has 1 aromatic heterocycles. The van der Waals surface area contributed by atoms with Crippen molar-refractivity contribution in [3.8, 4) is 0 Å². The van der Waals surface area contributed by atoms with Gasteiger partial charge in [-0.1, -0.05) is 11.3 Å². The highest BCUT2D eigenvalue weighted by Crippen LogP contribution is 2.61. The van der Waals surface area contributed by atoms with Gasteiger partial charge in [-0.2, -0.15) is 0 Å². The lowest BCUT2D eigenvalue weighted by Crippen LogP contribution is -2.48. The Balaban J connectivity index is 1.32. The molecule has 4 bridgehead atoms. The van der Waals surface area contributed by atoms with Gasteiger partial charge in [0.05, 0.1) is 6.61 Å². The second-order valence-electron chi connectivity index (χ2n) is 8.06. The molecule has 142 valence electrons. The van der Waals surface area contributed by atoms with Crippen molar-refractivity contribution in [1.29, 1.82) is 0 Å². The number of carbonyl (C=O) groups excluding carboxylic acids is 2. The van der Waals surface area contributed by atoms with Crippen LogP contribution in [-0.2, 0) is 14.9 Å². The van der Waals surface area contributed by atoms with Crippen LogP contribution in [0.5, 0.6) is 0 Å². The first-order valence-corrected chi connectivity index (χ1v) is 10.4. The Morgan fingerprint density at radius 3 is 2.42 bits per heavy atom. The van der Waals surface area contributed by atoms with E-state index in [1.165, 1.54) is 49.9 Å². The third kappa shape index (κ3) is 3.56. The van der Waals surface area contributed by atoms with Crippen LogP contribution in [0.25, 0.3) is 0 Å². The molecule has 4 fully saturated rings. The number of ether oxygens (including phenoxy) is 1. The first-order valence-electron chi connectivity index (χ1n) is 9.61. The number of amides is 2. The second kappa shape index (κ2) is 7.13. The third-order valence-electron chi connectivity index (χ3n) is 6.06. The normalized spacial score (nSPS) is 31.7. The van der Waals surface area contributed by atoms with Crippen LogP contribution >= 0.6 is 11.3 Å². The van der Waals surface area contributed by atoms with Crippen LogP contribution in [0.2, 0.25) is 0 Å². The predicted molar refractivity (Wildman–Crippen MR) is 98.0 cm³/mol. The summed E-state index contributed by atoms with van der Waals surface area (Å²) in [6.45, 7) is 2.30. The zero-order valence-corrected chi connectivity index (χ0v) is 15.9. The Morgan fingerprint density at radius 1 is 1.15 bits per heavy atom. The van der Waals surface area contributed by atoms with E-state index in [9.17, 15) is 9.59 Å². The fourth-order valence-corrected chi connectivity index (χ4v) is 6.48. The van der Waals surface area contributed by atoms with Gasteiger partial charge in [0.15, 0.2) is 0 Å². The molecule has 2 N–H and O–H groups in total. The van der Waals surface area contributed by atoms with Crippen LogP contribution in [-0.4, -0.2) is 35.3 Å². The largest absolute Gasteiger partial charge is 0.450 e. The minimum Gasteiger partial charge on any atom is -0.450 e. The van der Waals surface area contributed by atoms with Gasteiger partial charge in [-0.3, -0.25) is 4.79 Å². The molecule has 0 unspecified atom stereocenters. The van der Waals surface area contributed by atoms with E-state index in [0.717, 1.165) is 22.8 Å². The molecule has 1 heterocycles. The molecule has 0 aliphatic heterocycles. The smallest absolute Gasteiger partial charge is 0.407 e. The average molecular weight is 378 g/mol. The van der Waals surface area contributed by atoms with E-state index in [1.54, 1.807) is 6.92 Å². The monoisotopic (exact) mass is 378 g/mol. The highest BCUT2D eigenvalue weighted by Gasteiger charge is 2.53. The molecule has 4 aliphatic rings. The van der Waals surface area contributed by atoms with Crippen molar-refractivity contribution >= 4 is 28.5 Å². The van der Waals surface area contributed by atoms with E-state index in [1.807, 2.05) is 0 Å². The maximum atomic E-state index is 12.0. The van der Waals surface area contributed by atoms with Crippen molar-refractivity contribution in [3.63, 3.8) is 0 Å². The van der Waals surface area contributed by atoms with E-state index in [-0.39, 0.29) is 24.3 Å². The van der Waals surface area contributed by atoms with Crippen LogP contribution in [0, 0.1) is 17.8 Å². The summed E-state index contributed by atoms with van der Waals surface area (Å²) >= 11 is 1.53. The van der Waals surface area contributed by atoms with Crippen molar-refractivity contribution in [2.24, 2.45) is 17.8 Å². The molecule has 26 heavy (non-hydrogen) atoms. The maximum Gasteiger partial charge on any atom is 0.407 e. The SMILES string of the molecule is CCOC(=O)NCCC(=O)Nc1nnc(C23CC4CC(CC(C4)C2)C3)s1. The Bertz CT molecular complexity index is 654. The van der Waals surface area contributed by atoms with Gasteiger partial charge in [-0.15, -0.1) is 10.2 Å². The number of alkyl carbamates (subject to hydrolysis) is 1. The quantitative estimate of drug-likeness (QED) is 0.793. The molecule has 4 saturated carbocycles. The lowest BCUT2D eigenvalue weighted by atomic mass is 9.50. The first kappa shape index (κ1) is 17.7. The van der Waals surface area contributed by atoms with Gasteiger partial charge in [0, 0.05) is 18.4 Å². The van der Waals surface area contributed by atoms with Crippen molar-refractivity contribution in [2.75, 3.05) is 18.5 Å². The van der Waals surface area contributed by atoms with Gasteiger partial charge in [0.1, 0.15) is 5.01 Å². The first-order chi connectivity index (χ1) is 12.6. The zero-order chi connectivity index (χ0) is 18.1. The number of anilines is 1. The van der Waals surface area contributed by atoms with E-state index in [0.29, 0.717) is 11.7 Å². The van der Waals surface area contributed by atoms with Crippen LogP contribution < -0.4 is 10.6 Å². The Morgan fingerprint density at radius 2 is 1.81 bits per heavy atom. The summed E-state index contributed by atoms with van der Waals surface area (Å²) in [6, 6.07) is 0.